The van der Waals surface area contributed by atoms with E-state index in [1.807, 2.05) is 44.8 Å². The van der Waals surface area contributed by atoms with Crippen molar-refractivity contribution in [1.82, 2.24) is 0 Å². The zero-order valence-electron chi connectivity index (χ0n) is 7.62. The third-order valence-corrected chi connectivity index (χ3v) is 1.22. The molecule has 1 aromatic carbocycles. The number of rotatable bonds is 0. The molecule has 13 heavy (non-hydrogen) atoms. The largest absolute Gasteiger partial charge is 0.307 e. The van der Waals surface area contributed by atoms with Crippen LogP contribution in [-0.4, -0.2) is 13.6 Å². The van der Waals surface area contributed by atoms with Gasteiger partial charge in [-0.15, -0.1) is 6.42 Å². The highest BCUT2D eigenvalue weighted by molar-refractivity contribution is 5.33. The average Bonchev–Trinajstić information content (AvgIpc) is 2.25. The standard InChI is InChI=1S/C9H8.2CH2O/c1-3-9-6-4-8(2)5-7-9;2*1-2/h1,4-7H,2H3;2*1H2. The zero-order valence-corrected chi connectivity index (χ0v) is 7.62. The molecule has 0 atom stereocenters. The van der Waals surface area contributed by atoms with E-state index in [-0.39, 0.29) is 0 Å². The third kappa shape index (κ3) is 6.52. The molecule has 0 aliphatic heterocycles. The molecule has 0 aliphatic rings. The smallest absolute Gasteiger partial charge is 0.106 e. The Morgan fingerprint density at radius 2 is 1.46 bits per heavy atom. The fourth-order valence-electron chi connectivity index (χ4n) is 0.650. The van der Waals surface area contributed by atoms with Gasteiger partial charge in [0.25, 0.3) is 0 Å². The quantitative estimate of drug-likeness (QED) is 0.563. The van der Waals surface area contributed by atoms with E-state index >= 15 is 0 Å². The van der Waals surface area contributed by atoms with Crippen LogP contribution < -0.4 is 0 Å². The van der Waals surface area contributed by atoms with Gasteiger partial charge in [0, 0.05) is 5.56 Å². The molecule has 0 aliphatic carbocycles. The summed E-state index contributed by atoms with van der Waals surface area (Å²) in [6.45, 7) is 6.04. The molecule has 68 valence electrons. The first-order valence-electron chi connectivity index (χ1n) is 3.44. The molecule has 2 heteroatoms. The minimum Gasteiger partial charge on any atom is -0.307 e. The maximum absolute atomic E-state index is 8.00. The molecule has 0 aromatic heterocycles. The lowest BCUT2D eigenvalue weighted by molar-refractivity contribution is -0.0987. The highest BCUT2D eigenvalue weighted by atomic mass is 16.1. The Morgan fingerprint density at radius 3 is 1.77 bits per heavy atom. The van der Waals surface area contributed by atoms with Crippen LogP contribution >= 0.6 is 0 Å². The summed E-state index contributed by atoms with van der Waals surface area (Å²) in [5.74, 6) is 2.55. The molecule has 0 spiro atoms. The molecule has 0 saturated carbocycles. The first-order valence-corrected chi connectivity index (χ1v) is 3.44. The van der Waals surface area contributed by atoms with E-state index in [1.165, 1.54) is 5.56 Å². The number of terminal acetylenes is 1. The number of benzene rings is 1. The number of hydrogen-bond acceptors (Lipinski definition) is 2. The molecular weight excluding hydrogens is 164 g/mol. The molecule has 0 amide bonds. The Morgan fingerprint density at radius 1 is 1.08 bits per heavy atom. The molecule has 0 radical (unpaired) electrons. The van der Waals surface area contributed by atoms with Crippen molar-refractivity contribution in [2.75, 3.05) is 0 Å². The minimum atomic E-state index is 0.945. The Labute approximate surface area is 78.6 Å². The predicted octanol–water partition coefficient (Wildman–Crippen LogP) is 1.61. The lowest BCUT2D eigenvalue weighted by Gasteiger charge is -1.89. The van der Waals surface area contributed by atoms with Gasteiger partial charge in [0.05, 0.1) is 0 Å². The average molecular weight is 176 g/mol. The van der Waals surface area contributed by atoms with Crippen LogP contribution in [0.4, 0.5) is 0 Å². The molecule has 1 rings (SSSR count). The number of aryl methyl sites for hydroxylation is 1. The van der Waals surface area contributed by atoms with E-state index in [0.717, 1.165) is 5.56 Å². The first kappa shape index (κ1) is 13.7. The Kier molecular flexibility index (Phi) is 10.7. The van der Waals surface area contributed by atoms with Crippen molar-refractivity contribution >= 4 is 13.6 Å². The second-order valence-corrected chi connectivity index (χ2v) is 2.01. The van der Waals surface area contributed by atoms with Crippen molar-refractivity contribution in [3.8, 4) is 12.3 Å². The van der Waals surface area contributed by atoms with Gasteiger partial charge in [0.15, 0.2) is 0 Å². The van der Waals surface area contributed by atoms with Crippen molar-refractivity contribution in [2.24, 2.45) is 0 Å². The SMILES string of the molecule is C#Cc1ccc(C)cc1.C=O.C=O. The summed E-state index contributed by atoms with van der Waals surface area (Å²) in [7, 11) is 0. The fourth-order valence-corrected chi connectivity index (χ4v) is 0.650. The van der Waals surface area contributed by atoms with Gasteiger partial charge in [-0.05, 0) is 19.1 Å². The fraction of sp³-hybridized carbons (Fsp3) is 0.0909. The third-order valence-electron chi connectivity index (χ3n) is 1.22. The first-order chi connectivity index (χ1) is 6.33. The van der Waals surface area contributed by atoms with Crippen molar-refractivity contribution in [1.29, 1.82) is 0 Å². The summed E-state index contributed by atoms with van der Waals surface area (Å²) in [5, 5.41) is 0. The van der Waals surface area contributed by atoms with Crippen LogP contribution in [-0.2, 0) is 9.59 Å². The topological polar surface area (TPSA) is 34.1 Å². The van der Waals surface area contributed by atoms with Crippen LogP contribution in [0.1, 0.15) is 11.1 Å². The monoisotopic (exact) mass is 176 g/mol. The molecule has 0 bridgehead atoms. The Bertz CT molecular complexity index is 254. The summed E-state index contributed by atoms with van der Waals surface area (Å²) in [4.78, 5) is 16.0. The molecule has 0 saturated heterocycles. The summed E-state index contributed by atoms with van der Waals surface area (Å²) in [6.07, 6.45) is 5.15. The molecule has 0 fully saturated rings. The molecule has 2 nitrogen and oxygen atoms in total. The van der Waals surface area contributed by atoms with Gasteiger partial charge >= 0.3 is 0 Å². The summed E-state index contributed by atoms with van der Waals surface area (Å²) < 4.78 is 0. The summed E-state index contributed by atoms with van der Waals surface area (Å²) in [5.41, 5.74) is 2.19. The van der Waals surface area contributed by atoms with E-state index in [9.17, 15) is 0 Å². The molecule has 1 aromatic rings. The lowest BCUT2D eigenvalue weighted by Crippen LogP contribution is -1.72. The molecule has 0 unspecified atom stereocenters. The Balaban J connectivity index is 0. The number of hydrogen-bond donors (Lipinski definition) is 0. The van der Waals surface area contributed by atoms with Crippen molar-refractivity contribution < 1.29 is 9.59 Å². The van der Waals surface area contributed by atoms with E-state index in [2.05, 4.69) is 5.92 Å². The van der Waals surface area contributed by atoms with E-state index < -0.39 is 0 Å². The highest BCUT2D eigenvalue weighted by Gasteiger charge is 1.82. The van der Waals surface area contributed by atoms with Crippen LogP contribution in [0.3, 0.4) is 0 Å². The zero-order chi connectivity index (χ0) is 10.7. The summed E-state index contributed by atoms with van der Waals surface area (Å²) >= 11 is 0. The molecule has 0 heterocycles. The second-order valence-electron chi connectivity index (χ2n) is 2.01. The highest BCUT2D eigenvalue weighted by Crippen LogP contribution is 1.99. The number of carbonyl (C=O) groups excluding carboxylic acids is 2. The lowest BCUT2D eigenvalue weighted by atomic mass is 10.2. The predicted molar refractivity (Wildman–Crippen MR) is 53.4 cm³/mol. The van der Waals surface area contributed by atoms with Gasteiger partial charge < -0.3 is 9.59 Å². The van der Waals surface area contributed by atoms with Gasteiger partial charge in [-0.25, -0.2) is 0 Å². The molecule has 0 N–H and O–H groups in total. The van der Waals surface area contributed by atoms with Crippen molar-refractivity contribution in [3.63, 3.8) is 0 Å². The van der Waals surface area contributed by atoms with Gasteiger partial charge in [-0.2, -0.15) is 0 Å². The van der Waals surface area contributed by atoms with Crippen molar-refractivity contribution in [2.45, 2.75) is 6.92 Å². The van der Waals surface area contributed by atoms with Crippen LogP contribution in [0, 0.1) is 19.3 Å². The van der Waals surface area contributed by atoms with Gasteiger partial charge in [0.1, 0.15) is 13.6 Å². The van der Waals surface area contributed by atoms with Gasteiger partial charge in [-0.1, -0.05) is 23.6 Å². The van der Waals surface area contributed by atoms with Gasteiger partial charge in [-0.3, -0.25) is 0 Å². The van der Waals surface area contributed by atoms with E-state index in [0.29, 0.717) is 0 Å². The normalized spacial score (nSPS) is 6.46. The van der Waals surface area contributed by atoms with Crippen LogP contribution in [0.15, 0.2) is 24.3 Å². The minimum absolute atomic E-state index is 0.945. The van der Waals surface area contributed by atoms with Crippen LogP contribution in [0.25, 0.3) is 0 Å². The molecular formula is C11H12O2. The second kappa shape index (κ2) is 10.1. The van der Waals surface area contributed by atoms with Crippen molar-refractivity contribution in [3.05, 3.63) is 35.4 Å². The van der Waals surface area contributed by atoms with E-state index in [4.69, 9.17) is 16.0 Å². The maximum atomic E-state index is 8.00. The van der Waals surface area contributed by atoms with Gasteiger partial charge in [0.2, 0.25) is 0 Å². The van der Waals surface area contributed by atoms with E-state index in [1.54, 1.807) is 0 Å². The Hall–Kier alpha value is -1.88. The maximum Gasteiger partial charge on any atom is 0.106 e. The van der Waals surface area contributed by atoms with Crippen LogP contribution in [0.5, 0.6) is 0 Å². The summed E-state index contributed by atoms with van der Waals surface area (Å²) in [6, 6.07) is 7.90. The van der Waals surface area contributed by atoms with Crippen LogP contribution in [0.2, 0.25) is 0 Å². The number of carbonyl (C=O) groups is 2.